The van der Waals surface area contributed by atoms with Crippen LogP contribution in [0.4, 0.5) is 20.1 Å². The van der Waals surface area contributed by atoms with Crippen molar-refractivity contribution in [1.82, 2.24) is 24.8 Å². The molecule has 5 rings (SSSR count). The number of imidazole rings is 1. The molecule has 34 heavy (non-hydrogen) atoms. The van der Waals surface area contributed by atoms with Gasteiger partial charge in [0.1, 0.15) is 11.5 Å². The average Bonchev–Trinajstić information content (AvgIpc) is 3.52. The maximum absolute atomic E-state index is 13.5. The minimum absolute atomic E-state index is 0.0566. The Balaban J connectivity index is 1.34. The monoisotopic (exact) mass is 485 g/mol. The van der Waals surface area contributed by atoms with Gasteiger partial charge < -0.3 is 20.4 Å². The smallest absolute Gasteiger partial charge is 0.317 e. The number of anilines is 2. The van der Waals surface area contributed by atoms with E-state index in [1.807, 2.05) is 9.42 Å². The summed E-state index contributed by atoms with van der Waals surface area (Å²) in [6.45, 7) is 9.09. The van der Waals surface area contributed by atoms with Crippen LogP contribution in [0, 0.1) is 5.82 Å². The van der Waals surface area contributed by atoms with Gasteiger partial charge in [0, 0.05) is 43.3 Å². The van der Waals surface area contributed by atoms with E-state index in [4.69, 9.17) is 10.1 Å². The van der Waals surface area contributed by atoms with E-state index in [2.05, 4.69) is 36.3 Å². The van der Waals surface area contributed by atoms with E-state index >= 15 is 0 Å². The maximum Gasteiger partial charge on any atom is 0.317 e. The van der Waals surface area contributed by atoms with Gasteiger partial charge in [0.2, 0.25) is 10.1 Å². The Hall–Kier alpha value is -2.88. The third-order valence-electron chi connectivity index (χ3n) is 6.32. The number of hydrogen-bond donors (Lipinski definition) is 2. The summed E-state index contributed by atoms with van der Waals surface area (Å²) < 4.78 is 15.3. The molecule has 1 aliphatic heterocycles. The molecule has 3 aromatic rings. The molecule has 0 radical (unpaired) electrons. The SMILES string of the molecule is CC(C)(C)Nc1c(-c2ccc(F)cc2)nc2sc(N3CCN(C(=O)NC4CCCC4)CC3)nn12. The molecule has 1 saturated carbocycles. The number of nitrogens with one attached hydrogen (secondary N) is 2. The van der Waals surface area contributed by atoms with Crippen LogP contribution in [0.1, 0.15) is 46.5 Å². The van der Waals surface area contributed by atoms with Crippen LogP contribution >= 0.6 is 11.3 Å². The molecule has 8 nitrogen and oxygen atoms in total. The molecule has 0 atom stereocenters. The summed E-state index contributed by atoms with van der Waals surface area (Å²) in [5.74, 6) is 0.526. The maximum atomic E-state index is 13.5. The number of nitrogens with zero attached hydrogens (tertiary/aromatic N) is 5. The van der Waals surface area contributed by atoms with E-state index in [9.17, 15) is 9.18 Å². The summed E-state index contributed by atoms with van der Waals surface area (Å²) in [6.07, 6.45) is 4.60. The second kappa shape index (κ2) is 9.05. The number of carbonyl (C=O) groups is 1. The van der Waals surface area contributed by atoms with E-state index in [0.29, 0.717) is 19.1 Å². The Kier molecular flexibility index (Phi) is 6.09. The van der Waals surface area contributed by atoms with Crippen LogP contribution in [0.15, 0.2) is 24.3 Å². The molecule has 10 heteroatoms. The van der Waals surface area contributed by atoms with Gasteiger partial charge in [0.05, 0.1) is 0 Å². The number of piperazine rings is 1. The molecular weight excluding hydrogens is 453 g/mol. The number of halogens is 1. The fourth-order valence-electron chi connectivity index (χ4n) is 4.58. The summed E-state index contributed by atoms with van der Waals surface area (Å²) in [4.78, 5) is 22.4. The number of amides is 2. The van der Waals surface area contributed by atoms with Crippen molar-refractivity contribution in [2.75, 3.05) is 36.4 Å². The van der Waals surface area contributed by atoms with Gasteiger partial charge >= 0.3 is 6.03 Å². The molecule has 182 valence electrons. The lowest BCUT2D eigenvalue weighted by molar-refractivity contribution is 0.190. The molecule has 2 fully saturated rings. The number of aromatic nitrogens is 3. The molecule has 0 spiro atoms. The average molecular weight is 486 g/mol. The Morgan fingerprint density at radius 3 is 2.41 bits per heavy atom. The number of rotatable bonds is 4. The van der Waals surface area contributed by atoms with E-state index in [1.165, 1.54) is 36.3 Å². The van der Waals surface area contributed by atoms with Gasteiger partial charge in [0.15, 0.2) is 5.82 Å². The molecule has 1 aromatic carbocycles. The zero-order valence-corrected chi connectivity index (χ0v) is 20.8. The lowest BCUT2D eigenvalue weighted by Gasteiger charge is -2.34. The number of benzene rings is 1. The zero-order chi connectivity index (χ0) is 23.9. The van der Waals surface area contributed by atoms with Gasteiger partial charge in [-0.25, -0.2) is 14.2 Å². The first-order valence-corrected chi connectivity index (χ1v) is 12.8. The van der Waals surface area contributed by atoms with Crippen LogP contribution in [-0.4, -0.2) is 63.3 Å². The van der Waals surface area contributed by atoms with Crippen molar-refractivity contribution in [3.05, 3.63) is 30.1 Å². The van der Waals surface area contributed by atoms with Crippen molar-refractivity contribution in [2.45, 2.75) is 58.0 Å². The largest absolute Gasteiger partial charge is 0.364 e. The highest BCUT2D eigenvalue weighted by Crippen LogP contribution is 2.35. The summed E-state index contributed by atoms with van der Waals surface area (Å²) in [5.41, 5.74) is 1.40. The van der Waals surface area contributed by atoms with Gasteiger partial charge in [-0.3, -0.25) is 0 Å². The minimum atomic E-state index is -0.272. The van der Waals surface area contributed by atoms with Crippen LogP contribution in [0.3, 0.4) is 0 Å². The second-order valence-corrected chi connectivity index (χ2v) is 11.1. The topological polar surface area (TPSA) is 77.8 Å². The van der Waals surface area contributed by atoms with Gasteiger partial charge in [-0.15, -0.1) is 5.10 Å². The second-order valence-electron chi connectivity index (χ2n) is 10.2. The fraction of sp³-hybridized carbons (Fsp3) is 0.542. The zero-order valence-electron chi connectivity index (χ0n) is 20.0. The highest BCUT2D eigenvalue weighted by Gasteiger charge is 2.28. The molecule has 3 heterocycles. The Bertz CT molecular complexity index is 1150. The summed E-state index contributed by atoms with van der Waals surface area (Å²) in [5, 5.41) is 12.5. The number of hydrogen-bond acceptors (Lipinski definition) is 6. The van der Waals surface area contributed by atoms with E-state index in [-0.39, 0.29) is 17.4 Å². The summed E-state index contributed by atoms with van der Waals surface area (Å²) in [6, 6.07) is 6.77. The first kappa shape index (κ1) is 22.9. The molecule has 2 aliphatic rings. The van der Waals surface area contributed by atoms with Crippen molar-refractivity contribution >= 4 is 33.3 Å². The molecule has 2 aromatic heterocycles. The minimum Gasteiger partial charge on any atom is -0.364 e. The lowest BCUT2D eigenvalue weighted by atomic mass is 10.1. The number of carbonyl (C=O) groups excluding carboxylic acids is 1. The van der Waals surface area contributed by atoms with Crippen LogP contribution in [0.25, 0.3) is 16.2 Å². The highest BCUT2D eigenvalue weighted by atomic mass is 32.1. The molecule has 0 unspecified atom stereocenters. The summed E-state index contributed by atoms with van der Waals surface area (Å²) >= 11 is 1.53. The van der Waals surface area contributed by atoms with Crippen LogP contribution < -0.4 is 15.5 Å². The molecular formula is C24H32FN7OS. The molecule has 2 N–H and O–H groups in total. The van der Waals surface area contributed by atoms with Gasteiger partial charge in [-0.05, 0) is 57.9 Å². The molecule has 0 bridgehead atoms. The van der Waals surface area contributed by atoms with Crippen molar-refractivity contribution in [1.29, 1.82) is 0 Å². The van der Waals surface area contributed by atoms with Crippen molar-refractivity contribution in [3.8, 4) is 11.3 Å². The van der Waals surface area contributed by atoms with E-state index in [0.717, 1.165) is 53.1 Å². The Labute approximate surface area is 203 Å². The highest BCUT2D eigenvalue weighted by molar-refractivity contribution is 7.20. The normalized spacial score (nSPS) is 17.5. The third kappa shape index (κ3) is 4.82. The van der Waals surface area contributed by atoms with Crippen molar-refractivity contribution < 1.29 is 9.18 Å². The van der Waals surface area contributed by atoms with Crippen LogP contribution in [-0.2, 0) is 0 Å². The van der Waals surface area contributed by atoms with Crippen LogP contribution in [0.2, 0.25) is 0 Å². The number of urea groups is 1. The predicted molar refractivity (Wildman–Crippen MR) is 134 cm³/mol. The third-order valence-corrected chi connectivity index (χ3v) is 7.29. The van der Waals surface area contributed by atoms with Gasteiger partial charge in [-0.1, -0.05) is 24.2 Å². The van der Waals surface area contributed by atoms with Crippen LogP contribution in [0.5, 0.6) is 0 Å². The van der Waals surface area contributed by atoms with Gasteiger partial charge in [0.25, 0.3) is 0 Å². The quantitative estimate of drug-likeness (QED) is 0.566. The standard InChI is InChI=1S/C24H32FN7OS/c1-24(2,3)28-20-19(16-8-10-17(25)11-9-16)27-22-32(20)29-23(34-22)31-14-12-30(13-15-31)21(33)26-18-6-4-5-7-18/h8-11,18,28H,4-7,12-15H2,1-3H3,(H,26,33). The first-order valence-electron chi connectivity index (χ1n) is 12.0. The predicted octanol–water partition coefficient (Wildman–Crippen LogP) is 4.58. The van der Waals surface area contributed by atoms with Crippen molar-refractivity contribution in [3.63, 3.8) is 0 Å². The van der Waals surface area contributed by atoms with Gasteiger partial charge in [-0.2, -0.15) is 4.52 Å². The number of fused-ring (bicyclic) bond motifs is 1. The Morgan fingerprint density at radius 1 is 1.09 bits per heavy atom. The summed E-state index contributed by atoms with van der Waals surface area (Å²) in [7, 11) is 0. The lowest BCUT2D eigenvalue weighted by Crippen LogP contribution is -2.53. The molecule has 1 aliphatic carbocycles. The Morgan fingerprint density at radius 2 is 1.76 bits per heavy atom. The first-order chi connectivity index (χ1) is 16.3. The van der Waals surface area contributed by atoms with Crippen molar-refractivity contribution in [2.24, 2.45) is 0 Å². The fourth-order valence-corrected chi connectivity index (χ4v) is 5.53. The van der Waals surface area contributed by atoms with E-state index < -0.39 is 0 Å². The molecule has 2 amide bonds. The molecule has 1 saturated heterocycles. The van der Waals surface area contributed by atoms with E-state index in [1.54, 1.807) is 12.1 Å².